The molecule has 0 atom stereocenters. The monoisotopic (exact) mass is 221 g/mol. The third kappa shape index (κ3) is 3.22. The number of aryl methyl sites for hydroxylation is 2. The molecule has 0 aliphatic heterocycles. The predicted octanol–water partition coefficient (Wildman–Crippen LogP) is 3.28. The molecule has 0 spiro atoms. The number of hydrogen-bond acceptors (Lipinski definition) is 1. The minimum atomic E-state index is 0.674. The summed E-state index contributed by atoms with van der Waals surface area (Å²) in [7, 11) is 0. The normalized spacial score (nSPS) is 11.1. The summed E-state index contributed by atoms with van der Waals surface area (Å²) in [5, 5.41) is 0. The first kappa shape index (κ1) is 13.0. The second kappa shape index (κ2) is 5.88. The van der Waals surface area contributed by atoms with Crippen LogP contribution in [0.15, 0.2) is 6.07 Å². The summed E-state index contributed by atoms with van der Waals surface area (Å²) in [6.45, 7) is 9.92. The molecule has 0 unspecified atom stereocenters. The van der Waals surface area contributed by atoms with E-state index in [1.165, 1.54) is 17.0 Å². The van der Waals surface area contributed by atoms with E-state index < -0.39 is 0 Å². The lowest BCUT2D eigenvalue weighted by atomic mass is 10.1. The van der Waals surface area contributed by atoms with E-state index in [2.05, 4.69) is 38.3 Å². The predicted molar refractivity (Wildman–Crippen MR) is 67.7 cm³/mol. The fourth-order valence-corrected chi connectivity index (χ4v) is 2.15. The lowest BCUT2D eigenvalue weighted by molar-refractivity contribution is -0.107. The zero-order chi connectivity index (χ0) is 12.1. The van der Waals surface area contributed by atoms with E-state index in [-0.39, 0.29) is 0 Å². The average molecular weight is 221 g/mol. The molecule has 0 saturated heterocycles. The molecule has 0 radical (unpaired) electrons. The Morgan fingerprint density at radius 1 is 1.38 bits per heavy atom. The van der Waals surface area contributed by atoms with Crippen molar-refractivity contribution < 1.29 is 4.79 Å². The molecule has 0 aromatic carbocycles. The Bertz CT molecular complexity index is 350. The van der Waals surface area contributed by atoms with Gasteiger partial charge in [0.1, 0.15) is 6.29 Å². The van der Waals surface area contributed by atoms with Crippen molar-refractivity contribution in [2.75, 3.05) is 0 Å². The number of rotatable bonds is 6. The maximum absolute atomic E-state index is 10.3. The zero-order valence-corrected chi connectivity index (χ0v) is 10.9. The minimum absolute atomic E-state index is 0.674. The fraction of sp³-hybridized carbons (Fsp3) is 0.643. The van der Waals surface area contributed by atoms with Crippen molar-refractivity contribution in [1.82, 2.24) is 4.57 Å². The smallest absolute Gasteiger partial charge is 0.120 e. The number of carbonyl (C=O) groups excluding carboxylic acids is 1. The van der Waals surface area contributed by atoms with Crippen LogP contribution in [0.5, 0.6) is 0 Å². The third-order valence-corrected chi connectivity index (χ3v) is 2.99. The quantitative estimate of drug-likeness (QED) is 0.533. The van der Waals surface area contributed by atoms with E-state index in [9.17, 15) is 4.79 Å². The summed E-state index contributed by atoms with van der Waals surface area (Å²) < 4.78 is 2.39. The molecule has 0 bridgehead atoms. The van der Waals surface area contributed by atoms with Gasteiger partial charge in [0, 0.05) is 24.4 Å². The number of carbonyl (C=O) groups is 1. The Labute approximate surface area is 98.7 Å². The maximum Gasteiger partial charge on any atom is 0.120 e. The molecule has 0 fully saturated rings. The Balaban J connectivity index is 2.75. The van der Waals surface area contributed by atoms with Crippen LogP contribution in [0.3, 0.4) is 0 Å². The van der Waals surface area contributed by atoms with Crippen LogP contribution in [0.25, 0.3) is 0 Å². The summed E-state index contributed by atoms with van der Waals surface area (Å²) >= 11 is 0. The van der Waals surface area contributed by atoms with Gasteiger partial charge < -0.3 is 9.36 Å². The van der Waals surface area contributed by atoms with Crippen LogP contribution < -0.4 is 0 Å². The highest BCUT2D eigenvalue weighted by atomic mass is 16.1. The standard InChI is InChI=1S/C14H23NO/c1-11(2)10-15-12(3)9-14(13(15)4)7-5-6-8-16/h8-9,11H,5-7,10H2,1-4H3. The molecular formula is C14H23NO. The fourth-order valence-electron chi connectivity index (χ4n) is 2.15. The molecule has 2 nitrogen and oxygen atoms in total. The van der Waals surface area contributed by atoms with E-state index in [4.69, 9.17) is 0 Å². The maximum atomic E-state index is 10.3. The summed E-state index contributed by atoms with van der Waals surface area (Å²) in [6.07, 6.45) is 3.67. The van der Waals surface area contributed by atoms with Gasteiger partial charge in [-0.15, -0.1) is 0 Å². The van der Waals surface area contributed by atoms with Gasteiger partial charge in [0.2, 0.25) is 0 Å². The van der Waals surface area contributed by atoms with Crippen molar-refractivity contribution in [3.63, 3.8) is 0 Å². The topological polar surface area (TPSA) is 22.0 Å². The van der Waals surface area contributed by atoms with Gasteiger partial charge in [-0.1, -0.05) is 13.8 Å². The number of hydrogen-bond donors (Lipinski definition) is 0. The van der Waals surface area contributed by atoms with Gasteiger partial charge in [-0.05, 0) is 44.2 Å². The van der Waals surface area contributed by atoms with Gasteiger partial charge in [-0.25, -0.2) is 0 Å². The molecular weight excluding hydrogens is 198 g/mol. The Morgan fingerprint density at radius 2 is 2.06 bits per heavy atom. The molecule has 1 rings (SSSR count). The third-order valence-electron chi connectivity index (χ3n) is 2.99. The van der Waals surface area contributed by atoms with Gasteiger partial charge >= 0.3 is 0 Å². The lowest BCUT2D eigenvalue weighted by Gasteiger charge is -2.12. The van der Waals surface area contributed by atoms with E-state index in [0.29, 0.717) is 12.3 Å². The highest BCUT2D eigenvalue weighted by Gasteiger charge is 2.09. The van der Waals surface area contributed by atoms with Crippen LogP contribution in [0.1, 0.15) is 43.6 Å². The van der Waals surface area contributed by atoms with Crippen LogP contribution >= 0.6 is 0 Å². The van der Waals surface area contributed by atoms with Crippen LogP contribution in [0.2, 0.25) is 0 Å². The van der Waals surface area contributed by atoms with Gasteiger partial charge in [0.15, 0.2) is 0 Å². The first-order valence-electron chi connectivity index (χ1n) is 6.15. The highest BCUT2D eigenvalue weighted by Crippen LogP contribution is 2.18. The summed E-state index contributed by atoms with van der Waals surface area (Å²) in [5.74, 6) is 0.674. The summed E-state index contributed by atoms with van der Waals surface area (Å²) in [5.41, 5.74) is 4.12. The van der Waals surface area contributed by atoms with Crippen molar-refractivity contribution in [2.45, 2.75) is 53.5 Å². The first-order chi connectivity index (χ1) is 7.56. The molecule has 0 amide bonds. The van der Waals surface area contributed by atoms with E-state index in [1.54, 1.807) is 0 Å². The molecule has 0 saturated carbocycles. The molecule has 0 aliphatic carbocycles. The van der Waals surface area contributed by atoms with Gasteiger partial charge in [0.25, 0.3) is 0 Å². The van der Waals surface area contributed by atoms with Crippen molar-refractivity contribution >= 4 is 6.29 Å². The molecule has 2 heteroatoms. The minimum Gasteiger partial charge on any atom is -0.349 e. The number of nitrogens with zero attached hydrogens (tertiary/aromatic N) is 1. The number of aromatic nitrogens is 1. The van der Waals surface area contributed by atoms with Crippen LogP contribution in [0, 0.1) is 19.8 Å². The lowest BCUT2D eigenvalue weighted by Crippen LogP contribution is -2.08. The molecule has 1 aromatic heterocycles. The molecule has 1 heterocycles. The van der Waals surface area contributed by atoms with E-state index in [0.717, 1.165) is 25.7 Å². The highest BCUT2D eigenvalue weighted by molar-refractivity contribution is 5.49. The van der Waals surface area contributed by atoms with Crippen LogP contribution in [-0.4, -0.2) is 10.9 Å². The SMILES string of the molecule is Cc1cc(CCCC=O)c(C)n1CC(C)C. The van der Waals surface area contributed by atoms with Gasteiger partial charge in [-0.3, -0.25) is 0 Å². The van der Waals surface area contributed by atoms with Crippen molar-refractivity contribution in [3.05, 3.63) is 23.0 Å². The zero-order valence-electron chi connectivity index (χ0n) is 10.9. The summed E-state index contributed by atoms with van der Waals surface area (Å²) in [6, 6.07) is 2.27. The van der Waals surface area contributed by atoms with Crippen molar-refractivity contribution in [1.29, 1.82) is 0 Å². The second-order valence-corrected chi connectivity index (χ2v) is 4.96. The van der Waals surface area contributed by atoms with Crippen LogP contribution in [-0.2, 0) is 17.8 Å². The van der Waals surface area contributed by atoms with E-state index in [1.807, 2.05) is 0 Å². The van der Waals surface area contributed by atoms with Crippen molar-refractivity contribution in [2.24, 2.45) is 5.92 Å². The summed E-state index contributed by atoms with van der Waals surface area (Å²) in [4.78, 5) is 10.3. The molecule has 16 heavy (non-hydrogen) atoms. The molecule has 0 N–H and O–H groups in total. The van der Waals surface area contributed by atoms with Gasteiger partial charge in [-0.2, -0.15) is 0 Å². The molecule has 1 aromatic rings. The molecule has 0 aliphatic rings. The first-order valence-corrected chi connectivity index (χ1v) is 6.15. The number of aldehydes is 1. The van der Waals surface area contributed by atoms with Crippen molar-refractivity contribution in [3.8, 4) is 0 Å². The molecule has 90 valence electrons. The van der Waals surface area contributed by atoms with Crippen LogP contribution in [0.4, 0.5) is 0 Å². The van der Waals surface area contributed by atoms with E-state index >= 15 is 0 Å². The Hall–Kier alpha value is -1.05. The Morgan fingerprint density at radius 3 is 2.62 bits per heavy atom. The van der Waals surface area contributed by atoms with Gasteiger partial charge in [0.05, 0.1) is 0 Å². The second-order valence-electron chi connectivity index (χ2n) is 4.96. The largest absolute Gasteiger partial charge is 0.349 e. The average Bonchev–Trinajstić information content (AvgIpc) is 2.46. The number of unbranched alkanes of at least 4 members (excludes halogenated alkanes) is 1. The Kier molecular flexibility index (Phi) is 4.78.